The normalized spacial score (nSPS) is 12.7. The molecule has 0 radical (unpaired) electrons. The lowest BCUT2D eigenvalue weighted by molar-refractivity contribution is -0.140. The van der Waals surface area contributed by atoms with Gasteiger partial charge >= 0.3 is 0 Å². The summed E-state index contributed by atoms with van der Waals surface area (Å²) in [5.74, 6) is -1.62. The highest BCUT2D eigenvalue weighted by Gasteiger charge is 2.35. The number of hydrogen-bond donors (Lipinski definition) is 1. The van der Waals surface area contributed by atoms with Gasteiger partial charge in [0, 0.05) is 29.1 Å². The van der Waals surface area contributed by atoms with E-state index in [1.807, 2.05) is 51.1 Å². The molecule has 4 aromatic rings. The molecule has 0 heterocycles. The molecule has 0 aliphatic carbocycles. The number of halogens is 3. The molecule has 2 atom stereocenters. The van der Waals surface area contributed by atoms with Gasteiger partial charge in [-0.1, -0.05) is 84.2 Å². The number of nitrogens with zero attached hydrogens (tertiary/aromatic N) is 2. The van der Waals surface area contributed by atoms with Crippen LogP contribution in [0.5, 0.6) is 0 Å². The summed E-state index contributed by atoms with van der Waals surface area (Å²) in [5.41, 5.74) is 2.26. The van der Waals surface area contributed by atoms with Crippen molar-refractivity contribution in [3.05, 3.63) is 130 Å². The Morgan fingerprint density at radius 1 is 0.913 bits per heavy atom. The first-order valence-corrected chi connectivity index (χ1v) is 17.0. The number of nitrogens with one attached hydrogen (secondary N) is 1. The van der Waals surface area contributed by atoms with E-state index in [2.05, 4.69) is 5.32 Å². The van der Waals surface area contributed by atoms with Crippen molar-refractivity contribution in [3.8, 4) is 0 Å². The lowest BCUT2D eigenvalue weighted by Gasteiger charge is -2.34. The summed E-state index contributed by atoms with van der Waals surface area (Å²) >= 11 is 12.7. The van der Waals surface area contributed by atoms with Gasteiger partial charge in [0.1, 0.15) is 18.4 Å². The van der Waals surface area contributed by atoms with E-state index in [0.717, 1.165) is 27.6 Å². The van der Waals surface area contributed by atoms with Gasteiger partial charge in [0.05, 0.1) is 10.6 Å². The number of carbonyl (C=O) groups excluding carboxylic acids is 2. The number of benzene rings is 4. The topological polar surface area (TPSA) is 86.8 Å². The van der Waals surface area contributed by atoms with E-state index in [1.165, 1.54) is 29.2 Å². The third kappa shape index (κ3) is 8.87. The molecular weight excluding hydrogens is 648 g/mol. The Balaban J connectivity index is 1.82. The van der Waals surface area contributed by atoms with Crippen LogP contribution in [0.15, 0.2) is 102 Å². The van der Waals surface area contributed by atoms with Gasteiger partial charge in [-0.3, -0.25) is 13.9 Å². The van der Waals surface area contributed by atoms with Crippen LogP contribution in [0.1, 0.15) is 37.0 Å². The van der Waals surface area contributed by atoms with Gasteiger partial charge in [0.25, 0.3) is 10.0 Å². The fourth-order valence-electron chi connectivity index (χ4n) is 4.80. The van der Waals surface area contributed by atoms with Gasteiger partial charge in [0.2, 0.25) is 11.8 Å². The molecular formula is C35H36Cl2FN3O4S. The number of sulfonamides is 1. The highest BCUT2D eigenvalue weighted by Crippen LogP contribution is 2.27. The first kappa shape index (κ1) is 34.9. The summed E-state index contributed by atoms with van der Waals surface area (Å²) < 4.78 is 43.0. The molecule has 0 saturated heterocycles. The first-order valence-electron chi connectivity index (χ1n) is 14.8. The zero-order valence-corrected chi connectivity index (χ0v) is 28.1. The summed E-state index contributed by atoms with van der Waals surface area (Å²) in [4.78, 5) is 29.7. The second kappa shape index (κ2) is 15.6. The molecule has 0 aliphatic rings. The Hall–Kier alpha value is -3.92. The highest BCUT2D eigenvalue weighted by atomic mass is 35.5. The van der Waals surface area contributed by atoms with Crippen molar-refractivity contribution in [2.75, 3.05) is 10.8 Å². The number of aryl methyl sites for hydroxylation is 1. The molecule has 46 heavy (non-hydrogen) atoms. The van der Waals surface area contributed by atoms with Crippen LogP contribution in [0.25, 0.3) is 0 Å². The molecule has 0 fully saturated rings. The average molecular weight is 685 g/mol. The quantitative estimate of drug-likeness (QED) is 0.162. The van der Waals surface area contributed by atoms with Crippen LogP contribution in [0.4, 0.5) is 10.1 Å². The lowest BCUT2D eigenvalue weighted by Crippen LogP contribution is -2.54. The van der Waals surface area contributed by atoms with Gasteiger partial charge in [-0.2, -0.15) is 0 Å². The van der Waals surface area contributed by atoms with Crippen LogP contribution < -0.4 is 9.62 Å². The largest absolute Gasteiger partial charge is 0.352 e. The molecule has 11 heteroatoms. The Kier molecular flexibility index (Phi) is 11.8. The van der Waals surface area contributed by atoms with Gasteiger partial charge in [-0.25, -0.2) is 12.8 Å². The van der Waals surface area contributed by atoms with Crippen LogP contribution >= 0.6 is 23.2 Å². The average Bonchev–Trinajstić information content (AvgIpc) is 3.03. The number of rotatable bonds is 13. The van der Waals surface area contributed by atoms with Crippen molar-refractivity contribution in [1.29, 1.82) is 0 Å². The number of carbonyl (C=O) groups is 2. The van der Waals surface area contributed by atoms with Crippen molar-refractivity contribution >= 4 is 50.7 Å². The van der Waals surface area contributed by atoms with Crippen molar-refractivity contribution in [2.24, 2.45) is 0 Å². The van der Waals surface area contributed by atoms with Crippen molar-refractivity contribution in [2.45, 2.75) is 57.1 Å². The maximum absolute atomic E-state index is 14.5. The Morgan fingerprint density at radius 2 is 1.57 bits per heavy atom. The van der Waals surface area contributed by atoms with E-state index in [4.69, 9.17) is 23.2 Å². The third-order valence-corrected chi connectivity index (χ3v) is 10.0. The smallest absolute Gasteiger partial charge is 0.264 e. The molecule has 2 amide bonds. The third-order valence-electron chi connectivity index (χ3n) is 7.63. The highest BCUT2D eigenvalue weighted by molar-refractivity contribution is 7.92. The van der Waals surface area contributed by atoms with E-state index in [0.29, 0.717) is 17.0 Å². The first-order chi connectivity index (χ1) is 21.9. The predicted molar refractivity (Wildman–Crippen MR) is 181 cm³/mol. The second-order valence-corrected chi connectivity index (χ2v) is 13.8. The molecule has 7 nitrogen and oxygen atoms in total. The molecule has 1 N–H and O–H groups in total. The van der Waals surface area contributed by atoms with Crippen LogP contribution in [0.3, 0.4) is 0 Å². The van der Waals surface area contributed by atoms with E-state index >= 15 is 0 Å². The molecule has 242 valence electrons. The summed E-state index contributed by atoms with van der Waals surface area (Å²) in [6.45, 7) is 4.85. The zero-order valence-electron chi connectivity index (χ0n) is 25.8. The van der Waals surface area contributed by atoms with Gasteiger partial charge < -0.3 is 10.2 Å². The monoisotopic (exact) mass is 683 g/mol. The minimum absolute atomic E-state index is 0.0436. The molecule has 0 spiro atoms. The van der Waals surface area contributed by atoms with Crippen molar-refractivity contribution < 1.29 is 22.4 Å². The predicted octanol–water partition coefficient (Wildman–Crippen LogP) is 7.19. The molecule has 0 saturated carbocycles. The summed E-state index contributed by atoms with van der Waals surface area (Å²) in [6.07, 6.45) is 0.815. The van der Waals surface area contributed by atoms with Crippen LogP contribution in [-0.4, -0.2) is 43.8 Å². The summed E-state index contributed by atoms with van der Waals surface area (Å²) in [5, 5.41) is 3.67. The van der Waals surface area contributed by atoms with E-state index in [9.17, 15) is 22.4 Å². The molecule has 0 aromatic heterocycles. The summed E-state index contributed by atoms with van der Waals surface area (Å²) in [6, 6.07) is 23.9. The molecule has 4 rings (SSSR count). The minimum atomic E-state index is -4.31. The fourth-order valence-corrected chi connectivity index (χ4v) is 6.68. The maximum atomic E-state index is 14.5. The molecule has 0 bridgehead atoms. The van der Waals surface area contributed by atoms with E-state index in [-0.39, 0.29) is 34.6 Å². The Morgan fingerprint density at radius 3 is 2.17 bits per heavy atom. The number of amides is 2. The van der Waals surface area contributed by atoms with Gasteiger partial charge in [-0.15, -0.1) is 0 Å². The van der Waals surface area contributed by atoms with E-state index in [1.54, 1.807) is 30.3 Å². The molecule has 0 aliphatic heterocycles. The zero-order chi connectivity index (χ0) is 33.4. The number of anilines is 1. The molecule has 4 aromatic carbocycles. The van der Waals surface area contributed by atoms with Crippen molar-refractivity contribution in [1.82, 2.24) is 10.2 Å². The van der Waals surface area contributed by atoms with Crippen LogP contribution in [0.2, 0.25) is 10.0 Å². The van der Waals surface area contributed by atoms with Crippen LogP contribution in [-0.2, 0) is 32.6 Å². The van der Waals surface area contributed by atoms with Crippen molar-refractivity contribution in [3.63, 3.8) is 0 Å². The number of hydrogen-bond acceptors (Lipinski definition) is 4. The second-order valence-electron chi connectivity index (χ2n) is 11.1. The lowest BCUT2D eigenvalue weighted by atomic mass is 10.0. The van der Waals surface area contributed by atoms with Crippen LogP contribution in [0, 0.1) is 12.7 Å². The standard InChI is InChI=1S/C35H36Cl2FN3O4S/c1-4-25(3)39-35(43)33(20-26-8-6-5-7-9-26)40(22-27-12-13-28(36)21-32(27)37)34(42)23-41(30-16-14-29(38)15-17-30)46(44,45)31-18-10-24(2)11-19-31/h5-19,21,25,33H,4,20,22-23H2,1-3H3,(H,39,43)/t25-,33-/m0/s1. The maximum Gasteiger partial charge on any atom is 0.264 e. The SMILES string of the molecule is CC[C@H](C)NC(=O)[C@H](Cc1ccccc1)N(Cc1ccc(Cl)cc1Cl)C(=O)CN(c1ccc(F)cc1)S(=O)(=O)c1ccc(C)cc1. The van der Waals surface area contributed by atoms with Gasteiger partial charge in [0.15, 0.2) is 0 Å². The minimum Gasteiger partial charge on any atom is -0.352 e. The Bertz CT molecular complexity index is 1760. The van der Waals surface area contributed by atoms with E-state index < -0.39 is 40.2 Å². The fraction of sp³-hybridized carbons (Fsp3) is 0.257. The Labute approximate surface area is 280 Å². The summed E-state index contributed by atoms with van der Waals surface area (Å²) in [7, 11) is -4.31. The van der Waals surface area contributed by atoms with Gasteiger partial charge in [-0.05, 0) is 79.9 Å². The molecule has 0 unspecified atom stereocenters.